The zero-order valence-electron chi connectivity index (χ0n) is 17.2. The molecule has 0 aliphatic heterocycles. The van der Waals surface area contributed by atoms with Crippen LogP contribution in [0.1, 0.15) is 32.8 Å². The predicted octanol–water partition coefficient (Wildman–Crippen LogP) is 2.85. The van der Waals surface area contributed by atoms with Crippen molar-refractivity contribution in [3.8, 4) is 0 Å². The molecule has 0 fully saturated rings. The third-order valence-electron chi connectivity index (χ3n) is 4.17. The fourth-order valence-corrected chi connectivity index (χ4v) is 3.13. The van der Waals surface area contributed by atoms with Crippen LogP contribution in [-0.2, 0) is 19.2 Å². The van der Waals surface area contributed by atoms with Crippen LogP contribution < -0.4 is 20.7 Å². The fraction of sp³-hybridized carbons (Fsp3) is 0.600. The second kappa shape index (κ2) is 15.0. The van der Waals surface area contributed by atoms with Gasteiger partial charge in [-0.05, 0) is 55.2 Å². The lowest BCUT2D eigenvalue weighted by Gasteiger charge is -2.24. The molecule has 8 heteroatoms. The quantitative estimate of drug-likeness (QED) is 0.276. The first-order valence-electron chi connectivity index (χ1n) is 9.92. The van der Waals surface area contributed by atoms with Crippen molar-refractivity contribution in [2.24, 2.45) is 5.92 Å². The van der Waals surface area contributed by atoms with Crippen molar-refractivity contribution in [1.29, 1.82) is 0 Å². The maximum absolute atomic E-state index is 5.42. The van der Waals surface area contributed by atoms with Crippen LogP contribution in [0.3, 0.4) is 0 Å². The Kier molecular flexibility index (Phi) is 13.4. The Morgan fingerprint density at radius 1 is 1.00 bits per heavy atom. The number of nitrogens with one attached hydrogen (secondary N) is 4. The van der Waals surface area contributed by atoms with Gasteiger partial charge in [-0.3, -0.25) is 4.90 Å². The number of anilines is 1. The van der Waals surface area contributed by atoms with Gasteiger partial charge in [-0.15, -0.1) is 0 Å². The topological polar surface area (TPSA) is 51.4 Å². The molecular weight excluding hydrogens is 406 g/mol. The van der Waals surface area contributed by atoms with Crippen molar-refractivity contribution in [2.75, 3.05) is 44.6 Å². The van der Waals surface area contributed by atoms with E-state index in [0.717, 1.165) is 62.8 Å². The Balaban J connectivity index is 2.34. The second-order valence-electron chi connectivity index (χ2n) is 7.12. The number of benzene rings is 1. The third-order valence-corrected chi connectivity index (χ3v) is 5.05. The number of nitrogens with zero attached hydrogens (tertiary/aromatic N) is 1. The average Bonchev–Trinajstić information content (AvgIpc) is 2.66. The summed E-state index contributed by atoms with van der Waals surface area (Å²) in [5, 5.41) is 10.4. The summed E-state index contributed by atoms with van der Waals surface area (Å²) in [6, 6.07) is 8.47. The number of hydrogen-bond acceptors (Lipinski definition) is 5. The molecular formula is C20H34N5S3-. The monoisotopic (exact) mass is 440 g/mol. The lowest BCUT2D eigenvalue weighted by atomic mass is 10.0. The van der Waals surface area contributed by atoms with Crippen LogP contribution in [0.2, 0.25) is 0 Å². The summed E-state index contributed by atoms with van der Waals surface area (Å²) in [5.74, 6) is 0.660. The fourth-order valence-electron chi connectivity index (χ4n) is 2.72. The van der Waals surface area contributed by atoms with Crippen LogP contribution in [0.5, 0.6) is 0 Å². The smallest absolute Gasteiger partial charge is 0.170 e. The normalized spacial score (nSPS) is 10.9. The Hall–Kier alpha value is -0.930. The Labute approximate surface area is 187 Å². The van der Waals surface area contributed by atoms with E-state index >= 15 is 0 Å². The van der Waals surface area contributed by atoms with Crippen LogP contribution in [0.4, 0.5) is 5.69 Å². The van der Waals surface area contributed by atoms with E-state index in [1.165, 1.54) is 5.56 Å². The summed E-state index contributed by atoms with van der Waals surface area (Å²) < 4.78 is 2.79. The average molecular weight is 441 g/mol. The van der Waals surface area contributed by atoms with Crippen LogP contribution in [0, 0.1) is 5.92 Å². The van der Waals surface area contributed by atoms with Crippen LogP contribution in [-0.4, -0.2) is 54.3 Å². The van der Waals surface area contributed by atoms with Gasteiger partial charge in [-0.1, -0.05) is 45.1 Å². The highest BCUT2D eigenvalue weighted by Crippen LogP contribution is 2.12. The Morgan fingerprint density at radius 2 is 1.61 bits per heavy atom. The molecule has 0 heterocycles. The summed E-state index contributed by atoms with van der Waals surface area (Å²) in [5.41, 5.74) is 2.36. The summed E-state index contributed by atoms with van der Waals surface area (Å²) in [6.45, 7) is 11.6. The standard InChI is InChI=1S/C20H34N5S3/c1-4-19(26)21-9-12-25(14-11-23-28)13-10-22-20(27)24-18-7-5-17(6-8-18)15-16(2)3/h5-8,16,23H,4,9-15H2,1-3H3,(H,21,26)(H2,22,24,27)/q-1. The van der Waals surface area contributed by atoms with E-state index < -0.39 is 0 Å². The number of thiocarbonyl (C=S) groups is 2. The summed E-state index contributed by atoms with van der Waals surface area (Å²) in [7, 11) is 0. The van der Waals surface area contributed by atoms with E-state index in [-0.39, 0.29) is 0 Å². The van der Waals surface area contributed by atoms with Crippen molar-refractivity contribution in [3.63, 3.8) is 0 Å². The molecule has 0 saturated carbocycles. The van der Waals surface area contributed by atoms with Gasteiger partial charge in [-0.2, -0.15) is 0 Å². The molecule has 158 valence electrons. The number of hydrogen-bond donors (Lipinski definition) is 4. The predicted molar refractivity (Wildman–Crippen MR) is 132 cm³/mol. The molecule has 1 rings (SSSR count). The Bertz CT molecular complexity index is 578. The molecule has 0 aromatic heterocycles. The van der Waals surface area contributed by atoms with E-state index in [1.54, 1.807) is 0 Å². The highest BCUT2D eigenvalue weighted by molar-refractivity contribution is 7.80. The van der Waals surface area contributed by atoms with E-state index in [4.69, 9.17) is 37.3 Å². The first-order valence-corrected chi connectivity index (χ1v) is 11.1. The zero-order valence-corrected chi connectivity index (χ0v) is 19.7. The van der Waals surface area contributed by atoms with Crippen LogP contribution in [0.25, 0.3) is 0 Å². The largest absolute Gasteiger partial charge is 0.705 e. The van der Waals surface area contributed by atoms with E-state index in [9.17, 15) is 0 Å². The van der Waals surface area contributed by atoms with E-state index in [0.29, 0.717) is 11.0 Å². The summed E-state index contributed by atoms with van der Waals surface area (Å²) in [6.07, 6.45) is 1.97. The molecule has 1 aromatic rings. The number of rotatable bonds is 13. The van der Waals surface area contributed by atoms with Gasteiger partial charge < -0.3 is 33.5 Å². The van der Waals surface area contributed by atoms with Gasteiger partial charge in [0.2, 0.25) is 0 Å². The van der Waals surface area contributed by atoms with Crippen molar-refractivity contribution in [2.45, 2.75) is 33.6 Å². The molecule has 0 amide bonds. The first-order chi connectivity index (χ1) is 13.4. The molecule has 0 spiro atoms. The van der Waals surface area contributed by atoms with Crippen LogP contribution in [0.15, 0.2) is 24.3 Å². The highest BCUT2D eigenvalue weighted by Gasteiger charge is 2.05. The maximum Gasteiger partial charge on any atom is 0.170 e. The van der Waals surface area contributed by atoms with Gasteiger partial charge in [0, 0.05) is 38.4 Å². The molecule has 0 unspecified atom stereocenters. The van der Waals surface area contributed by atoms with E-state index in [2.05, 4.69) is 70.6 Å². The van der Waals surface area contributed by atoms with Crippen molar-refractivity contribution >= 4 is 53.0 Å². The van der Waals surface area contributed by atoms with Crippen molar-refractivity contribution in [1.82, 2.24) is 20.3 Å². The molecule has 1 aromatic carbocycles. The molecule has 0 atom stereocenters. The van der Waals surface area contributed by atoms with Gasteiger partial charge in [0.25, 0.3) is 0 Å². The maximum atomic E-state index is 5.42. The van der Waals surface area contributed by atoms with Crippen LogP contribution >= 0.6 is 24.4 Å². The highest BCUT2D eigenvalue weighted by atomic mass is 32.1. The van der Waals surface area contributed by atoms with E-state index in [1.807, 2.05) is 0 Å². The summed E-state index contributed by atoms with van der Waals surface area (Å²) >= 11 is 15.5. The lowest BCUT2D eigenvalue weighted by molar-refractivity contribution is 0.287. The molecule has 0 radical (unpaired) electrons. The molecule has 28 heavy (non-hydrogen) atoms. The molecule has 0 bridgehead atoms. The van der Waals surface area contributed by atoms with Gasteiger partial charge in [-0.25, -0.2) is 0 Å². The molecule has 5 nitrogen and oxygen atoms in total. The van der Waals surface area contributed by atoms with Crippen molar-refractivity contribution in [3.05, 3.63) is 29.8 Å². The minimum atomic E-state index is 0.642. The third kappa shape index (κ3) is 11.8. The first kappa shape index (κ1) is 25.1. The lowest BCUT2D eigenvalue weighted by Crippen LogP contribution is -2.42. The van der Waals surface area contributed by atoms with Crippen molar-refractivity contribution < 1.29 is 0 Å². The summed E-state index contributed by atoms with van der Waals surface area (Å²) in [4.78, 5) is 3.24. The molecule has 0 aliphatic carbocycles. The van der Waals surface area contributed by atoms with Gasteiger partial charge in [0.05, 0.1) is 4.99 Å². The molecule has 0 saturated heterocycles. The van der Waals surface area contributed by atoms with Gasteiger partial charge in [0.15, 0.2) is 5.11 Å². The molecule has 4 N–H and O–H groups in total. The minimum Gasteiger partial charge on any atom is -0.705 e. The molecule has 0 aliphatic rings. The van der Waals surface area contributed by atoms with Gasteiger partial charge >= 0.3 is 0 Å². The van der Waals surface area contributed by atoms with Gasteiger partial charge in [0.1, 0.15) is 0 Å². The SMILES string of the molecule is CCC(=S)NCCN(CCN[S-])CCNC(=S)Nc1ccc(CC(C)C)cc1. The second-order valence-corrected chi connectivity index (χ2v) is 8.31. The zero-order chi connectivity index (χ0) is 20.8. The minimum absolute atomic E-state index is 0.642. The Morgan fingerprint density at radius 3 is 2.18 bits per heavy atom.